The van der Waals surface area contributed by atoms with Crippen LogP contribution in [0.15, 0.2) is 22.8 Å². The van der Waals surface area contributed by atoms with E-state index in [1.54, 1.807) is 6.26 Å². The van der Waals surface area contributed by atoms with Gasteiger partial charge in [0.25, 0.3) is 0 Å². The Bertz CT molecular complexity index is 490. The minimum absolute atomic E-state index is 0.0242. The second kappa shape index (κ2) is 6.43. The number of rotatable bonds is 4. The van der Waals surface area contributed by atoms with Crippen LogP contribution in [0.5, 0.6) is 0 Å². The molecule has 1 N–H and O–H groups in total. The fourth-order valence-electron chi connectivity index (χ4n) is 3.35. The lowest BCUT2D eigenvalue weighted by Crippen LogP contribution is -2.43. The lowest BCUT2D eigenvalue weighted by Gasteiger charge is -2.25. The third kappa shape index (κ3) is 3.18. The molecule has 3 rings (SSSR count). The second-order valence-corrected chi connectivity index (χ2v) is 5.96. The van der Waals surface area contributed by atoms with E-state index in [0.717, 1.165) is 31.4 Å². The Labute approximate surface area is 124 Å². The summed E-state index contributed by atoms with van der Waals surface area (Å²) in [5.41, 5.74) is 0. The van der Waals surface area contributed by atoms with E-state index in [-0.39, 0.29) is 24.3 Å². The molecule has 1 aromatic rings. The fraction of sp³-hybridized carbons (Fsp3) is 0.625. The number of furan rings is 1. The van der Waals surface area contributed by atoms with Gasteiger partial charge in [-0.05, 0) is 25.0 Å². The minimum atomic E-state index is -0.397. The molecule has 0 bridgehead atoms. The van der Waals surface area contributed by atoms with Crippen LogP contribution in [0.25, 0.3) is 0 Å². The number of carbonyl (C=O) groups is 2. The first kappa shape index (κ1) is 14.3. The zero-order valence-corrected chi connectivity index (χ0v) is 12.2. The Hall–Kier alpha value is -1.62. The van der Waals surface area contributed by atoms with Crippen LogP contribution in [0.2, 0.25) is 0 Å². The van der Waals surface area contributed by atoms with Gasteiger partial charge in [-0.1, -0.05) is 25.7 Å². The molecule has 21 heavy (non-hydrogen) atoms. The number of hydrogen-bond donors (Lipinski definition) is 1. The van der Waals surface area contributed by atoms with Crippen molar-refractivity contribution < 1.29 is 14.0 Å². The zero-order chi connectivity index (χ0) is 14.7. The molecule has 0 spiro atoms. The second-order valence-electron chi connectivity index (χ2n) is 5.96. The standard InChI is InChI=1S/C16H22N2O3/c19-15-10-14(17-11-13-8-5-9-21-13)16(20)18(15)12-6-3-1-2-4-7-12/h5,8-9,12,14,17H,1-4,6-7,10-11H2. The van der Waals surface area contributed by atoms with Gasteiger partial charge in [-0.3, -0.25) is 19.8 Å². The topological polar surface area (TPSA) is 62.6 Å². The van der Waals surface area contributed by atoms with Crippen molar-refractivity contribution in [2.24, 2.45) is 0 Å². The number of carbonyl (C=O) groups excluding carboxylic acids is 2. The smallest absolute Gasteiger partial charge is 0.247 e. The van der Waals surface area contributed by atoms with Gasteiger partial charge in [0.05, 0.1) is 25.3 Å². The Kier molecular flexibility index (Phi) is 4.39. The molecule has 114 valence electrons. The summed E-state index contributed by atoms with van der Waals surface area (Å²) in [4.78, 5) is 26.2. The summed E-state index contributed by atoms with van der Waals surface area (Å²) in [6.45, 7) is 0.481. The quantitative estimate of drug-likeness (QED) is 0.682. The van der Waals surface area contributed by atoms with Crippen LogP contribution in [0.3, 0.4) is 0 Å². The summed E-state index contributed by atoms with van der Waals surface area (Å²) in [7, 11) is 0. The summed E-state index contributed by atoms with van der Waals surface area (Å²) < 4.78 is 5.24. The third-order valence-electron chi connectivity index (χ3n) is 4.48. The predicted molar refractivity (Wildman–Crippen MR) is 77.3 cm³/mol. The SMILES string of the molecule is O=C1CC(NCc2ccco2)C(=O)N1C1CCCCCC1. The summed E-state index contributed by atoms with van der Waals surface area (Å²) in [6, 6.07) is 3.39. The van der Waals surface area contributed by atoms with Gasteiger partial charge in [-0.2, -0.15) is 0 Å². The number of nitrogens with zero attached hydrogens (tertiary/aromatic N) is 1. The fourth-order valence-corrected chi connectivity index (χ4v) is 3.35. The van der Waals surface area contributed by atoms with Gasteiger partial charge in [-0.25, -0.2) is 0 Å². The first-order valence-electron chi connectivity index (χ1n) is 7.87. The Morgan fingerprint density at radius 3 is 2.62 bits per heavy atom. The van der Waals surface area contributed by atoms with Crippen molar-refractivity contribution in [3.05, 3.63) is 24.2 Å². The Morgan fingerprint density at radius 2 is 1.95 bits per heavy atom. The van der Waals surface area contributed by atoms with Crippen molar-refractivity contribution in [3.63, 3.8) is 0 Å². The van der Waals surface area contributed by atoms with Gasteiger partial charge in [-0.15, -0.1) is 0 Å². The maximum Gasteiger partial charge on any atom is 0.247 e. The van der Waals surface area contributed by atoms with Crippen LogP contribution in [0.4, 0.5) is 0 Å². The number of nitrogens with one attached hydrogen (secondary N) is 1. The maximum absolute atomic E-state index is 12.5. The highest BCUT2D eigenvalue weighted by atomic mass is 16.3. The van der Waals surface area contributed by atoms with Gasteiger partial charge in [0.2, 0.25) is 11.8 Å². The lowest BCUT2D eigenvalue weighted by atomic mass is 10.1. The molecular formula is C16H22N2O3. The van der Waals surface area contributed by atoms with Gasteiger partial charge in [0, 0.05) is 6.04 Å². The Balaban J connectivity index is 1.61. The van der Waals surface area contributed by atoms with E-state index in [0.29, 0.717) is 6.54 Å². The zero-order valence-electron chi connectivity index (χ0n) is 12.2. The molecular weight excluding hydrogens is 268 g/mol. The van der Waals surface area contributed by atoms with E-state index in [4.69, 9.17) is 4.42 Å². The number of hydrogen-bond acceptors (Lipinski definition) is 4. The van der Waals surface area contributed by atoms with Gasteiger partial charge in [0.15, 0.2) is 0 Å². The van der Waals surface area contributed by atoms with Gasteiger partial charge in [0.1, 0.15) is 5.76 Å². The largest absolute Gasteiger partial charge is 0.468 e. The van der Waals surface area contributed by atoms with Crippen LogP contribution >= 0.6 is 0 Å². The molecule has 1 saturated carbocycles. The highest BCUT2D eigenvalue weighted by Gasteiger charge is 2.41. The molecule has 1 aliphatic carbocycles. The van der Waals surface area contributed by atoms with Gasteiger partial charge < -0.3 is 4.42 Å². The van der Waals surface area contributed by atoms with Crippen molar-refractivity contribution in [3.8, 4) is 0 Å². The molecule has 1 unspecified atom stereocenters. The molecule has 2 amide bonds. The third-order valence-corrected chi connectivity index (χ3v) is 4.48. The van der Waals surface area contributed by atoms with Crippen molar-refractivity contribution in [2.45, 2.75) is 63.6 Å². The molecule has 2 fully saturated rings. The van der Waals surface area contributed by atoms with Crippen LogP contribution in [-0.2, 0) is 16.1 Å². The lowest BCUT2D eigenvalue weighted by molar-refractivity contribution is -0.141. The number of amides is 2. The highest BCUT2D eigenvalue weighted by Crippen LogP contribution is 2.26. The Morgan fingerprint density at radius 1 is 1.19 bits per heavy atom. The molecule has 5 nitrogen and oxygen atoms in total. The van der Waals surface area contributed by atoms with Crippen LogP contribution < -0.4 is 5.32 Å². The van der Waals surface area contributed by atoms with Crippen molar-refractivity contribution in [2.75, 3.05) is 0 Å². The van der Waals surface area contributed by atoms with E-state index < -0.39 is 6.04 Å². The first-order valence-corrected chi connectivity index (χ1v) is 7.87. The molecule has 1 aliphatic heterocycles. The average molecular weight is 290 g/mol. The minimum Gasteiger partial charge on any atom is -0.468 e. The van der Waals surface area contributed by atoms with Crippen LogP contribution in [0.1, 0.15) is 50.7 Å². The monoisotopic (exact) mass is 290 g/mol. The number of imide groups is 1. The maximum atomic E-state index is 12.5. The normalized spacial score (nSPS) is 24.6. The summed E-state index contributed by atoms with van der Waals surface area (Å²) in [6.07, 6.45) is 8.47. The van der Waals surface area contributed by atoms with E-state index in [1.165, 1.54) is 17.7 Å². The number of likely N-dealkylation sites (tertiary alicyclic amines) is 1. The van der Waals surface area contributed by atoms with Crippen LogP contribution in [-0.4, -0.2) is 28.8 Å². The van der Waals surface area contributed by atoms with E-state index in [2.05, 4.69) is 5.32 Å². The molecule has 2 heterocycles. The molecule has 1 atom stereocenters. The van der Waals surface area contributed by atoms with E-state index >= 15 is 0 Å². The average Bonchev–Trinajstić information content (AvgIpc) is 2.98. The molecule has 1 aromatic heterocycles. The summed E-state index contributed by atoms with van der Waals surface area (Å²) in [5, 5.41) is 3.14. The van der Waals surface area contributed by atoms with E-state index in [1.807, 2.05) is 12.1 Å². The van der Waals surface area contributed by atoms with E-state index in [9.17, 15) is 9.59 Å². The first-order chi connectivity index (χ1) is 10.3. The molecule has 5 heteroatoms. The molecule has 2 aliphatic rings. The molecule has 1 saturated heterocycles. The summed E-state index contributed by atoms with van der Waals surface area (Å²) in [5.74, 6) is 0.700. The predicted octanol–water partition coefficient (Wildman–Crippen LogP) is 2.22. The summed E-state index contributed by atoms with van der Waals surface area (Å²) >= 11 is 0. The van der Waals surface area contributed by atoms with Crippen molar-refractivity contribution >= 4 is 11.8 Å². The molecule has 0 aromatic carbocycles. The van der Waals surface area contributed by atoms with Gasteiger partial charge >= 0.3 is 0 Å². The molecule has 0 radical (unpaired) electrons. The van der Waals surface area contributed by atoms with Crippen LogP contribution in [0, 0.1) is 0 Å². The van der Waals surface area contributed by atoms with Crippen molar-refractivity contribution in [1.82, 2.24) is 10.2 Å². The van der Waals surface area contributed by atoms with Crippen molar-refractivity contribution in [1.29, 1.82) is 0 Å². The highest BCUT2D eigenvalue weighted by molar-refractivity contribution is 6.05.